The summed E-state index contributed by atoms with van der Waals surface area (Å²) in [7, 11) is -3.04. The molecule has 0 aromatic rings. The summed E-state index contributed by atoms with van der Waals surface area (Å²) in [5, 5.41) is -0.397. The molecule has 0 bridgehead atoms. The first-order valence-electron chi connectivity index (χ1n) is 8.43. The van der Waals surface area contributed by atoms with Crippen molar-refractivity contribution < 1.29 is 8.42 Å². The van der Waals surface area contributed by atoms with E-state index in [4.69, 9.17) is 5.73 Å². The zero-order valence-electron chi connectivity index (χ0n) is 13.1. The smallest absolute Gasteiger partial charge is 0.157 e. The minimum absolute atomic E-state index is 0.123. The fourth-order valence-corrected chi connectivity index (χ4v) is 6.96. The molecule has 0 amide bonds. The summed E-state index contributed by atoms with van der Waals surface area (Å²) in [5.41, 5.74) is 6.19. The highest BCUT2D eigenvalue weighted by Gasteiger charge is 2.42. The normalized spacial score (nSPS) is 39.6. The van der Waals surface area contributed by atoms with Crippen LogP contribution in [0, 0.1) is 11.8 Å². The van der Waals surface area contributed by atoms with Crippen LogP contribution in [-0.4, -0.2) is 25.0 Å². The highest BCUT2D eigenvalue weighted by atomic mass is 32.2. The van der Waals surface area contributed by atoms with Crippen molar-refractivity contribution in [3.63, 3.8) is 0 Å². The zero-order chi connectivity index (χ0) is 14.8. The maximum atomic E-state index is 13.0. The van der Waals surface area contributed by atoms with Gasteiger partial charge >= 0.3 is 0 Å². The van der Waals surface area contributed by atoms with E-state index in [0.29, 0.717) is 11.8 Å². The lowest BCUT2D eigenvalue weighted by Crippen LogP contribution is -2.49. The Morgan fingerprint density at radius 3 is 2.50 bits per heavy atom. The van der Waals surface area contributed by atoms with E-state index in [1.165, 1.54) is 6.42 Å². The molecule has 2 N–H and O–H groups in total. The molecule has 0 spiro atoms. The molecule has 118 valence electrons. The summed E-state index contributed by atoms with van der Waals surface area (Å²) in [6.07, 6.45) is 9.05. The van der Waals surface area contributed by atoms with E-state index < -0.39 is 9.84 Å². The minimum atomic E-state index is -3.04. The van der Waals surface area contributed by atoms with Gasteiger partial charge in [0.1, 0.15) is 0 Å². The van der Waals surface area contributed by atoms with Crippen LogP contribution in [0.2, 0.25) is 0 Å². The summed E-state index contributed by atoms with van der Waals surface area (Å²) in [6, 6.07) is -0.134. The summed E-state index contributed by atoms with van der Waals surface area (Å²) < 4.78 is 25.9. The zero-order valence-corrected chi connectivity index (χ0v) is 13.9. The van der Waals surface area contributed by atoms with Gasteiger partial charge in [-0.15, -0.1) is 0 Å². The maximum Gasteiger partial charge on any atom is 0.157 e. The van der Waals surface area contributed by atoms with Gasteiger partial charge in [0, 0.05) is 6.04 Å². The van der Waals surface area contributed by atoms with Crippen LogP contribution in [-0.2, 0) is 9.84 Å². The predicted molar refractivity (Wildman–Crippen MR) is 84.4 cm³/mol. The van der Waals surface area contributed by atoms with Gasteiger partial charge in [0.2, 0.25) is 0 Å². The minimum Gasteiger partial charge on any atom is -0.327 e. The lowest BCUT2D eigenvalue weighted by molar-refractivity contribution is 0.303. The maximum absolute atomic E-state index is 13.0. The van der Waals surface area contributed by atoms with E-state index in [2.05, 4.69) is 13.8 Å². The Hall–Kier alpha value is -0.0900. The molecule has 4 heteroatoms. The van der Waals surface area contributed by atoms with Crippen molar-refractivity contribution in [3.8, 4) is 0 Å². The Balaban J connectivity index is 2.09. The van der Waals surface area contributed by atoms with Gasteiger partial charge in [0.25, 0.3) is 0 Å². The van der Waals surface area contributed by atoms with E-state index in [0.717, 1.165) is 51.4 Å². The van der Waals surface area contributed by atoms with Crippen molar-refractivity contribution in [3.05, 3.63) is 0 Å². The molecule has 5 unspecified atom stereocenters. The second-order valence-corrected chi connectivity index (χ2v) is 9.60. The molecule has 2 fully saturated rings. The average molecular weight is 301 g/mol. The molecule has 0 aliphatic heterocycles. The van der Waals surface area contributed by atoms with Crippen LogP contribution in [0.25, 0.3) is 0 Å². The molecule has 0 radical (unpaired) electrons. The number of sulfone groups is 1. The van der Waals surface area contributed by atoms with Crippen molar-refractivity contribution in [1.82, 2.24) is 0 Å². The molecule has 2 saturated carbocycles. The summed E-state index contributed by atoms with van der Waals surface area (Å²) >= 11 is 0. The lowest BCUT2D eigenvalue weighted by Gasteiger charge is -2.37. The van der Waals surface area contributed by atoms with E-state index in [1.54, 1.807) is 0 Å². The van der Waals surface area contributed by atoms with Crippen LogP contribution in [0.15, 0.2) is 0 Å². The van der Waals surface area contributed by atoms with Crippen molar-refractivity contribution >= 4 is 9.84 Å². The van der Waals surface area contributed by atoms with E-state index >= 15 is 0 Å². The third kappa shape index (κ3) is 3.56. The van der Waals surface area contributed by atoms with Crippen LogP contribution in [0.5, 0.6) is 0 Å². The summed E-state index contributed by atoms with van der Waals surface area (Å²) in [4.78, 5) is 0. The van der Waals surface area contributed by atoms with E-state index in [-0.39, 0.29) is 16.5 Å². The Labute approximate surface area is 124 Å². The number of hydrogen-bond donors (Lipinski definition) is 1. The van der Waals surface area contributed by atoms with Gasteiger partial charge in [0.05, 0.1) is 10.5 Å². The van der Waals surface area contributed by atoms with Gasteiger partial charge in [-0.25, -0.2) is 8.42 Å². The Bertz CT molecular complexity index is 407. The summed E-state index contributed by atoms with van der Waals surface area (Å²) in [6.45, 7) is 4.36. The number of nitrogens with two attached hydrogens (primary N) is 1. The van der Waals surface area contributed by atoms with Crippen LogP contribution in [0.3, 0.4) is 0 Å². The predicted octanol–water partition coefficient (Wildman–Crippen LogP) is 3.28. The first-order valence-corrected chi connectivity index (χ1v) is 10.0. The Morgan fingerprint density at radius 1 is 1.10 bits per heavy atom. The van der Waals surface area contributed by atoms with Gasteiger partial charge < -0.3 is 5.73 Å². The number of rotatable bonds is 4. The van der Waals surface area contributed by atoms with Crippen LogP contribution >= 0.6 is 0 Å². The molecule has 0 saturated heterocycles. The van der Waals surface area contributed by atoms with Crippen LogP contribution < -0.4 is 5.73 Å². The summed E-state index contributed by atoms with van der Waals surface area (Å²) in [5.74, 6) is 1.12. The largest absolute Gasteiger partial charge is 0.327 e. The fraction of sp³-hybridized carbons (Fsp3) is 1.00. The third-order valence-corrected chi connectivity index (χ3v) is 8.17. The molecule has 2 aliphatic rings. The van der Waals surface area contributed by atoms with Crippen molar-refractivity contribution in [2.24, 2.45) is 17.6 Å². The van der Waals surface area contributed by atoms with Crippen LogP contribution in [0.4, 0.5) is 0 Å². The van der Waals surface area contributed by atoms with Gasteiger partial charge in [-0.2, -0.15) is 0 Å². The highest BCUT2D eigenvalue weighted by molar-refractivity contribution is 7.92. The molecule has 20 heavy (non-hydrogen) atoms. The molecule has 0 heterocycles. The lowest BCUT2D eigenvalue weighted by atomic mass is 9.83. The molecule has 5 atom stereocenters. The van der Waals surface area contributed by atoms with Crippen LogP contribution in [0.1, 0.15) is 71.6 Å². The van der Waals surface area contributed by atoms with Crippen molar-refractivity contribution in [2.45, 2.75) is 88.2 Å². The molecule has 2 aliphatic carbocycles. The first-order chi connectivity index (χ1) is 9.45. The van der Waals surface area contributed by atoms with Gasteiger partial charge in [0.15, 0.2) is 9.84 Å². The monoisotopic (exact) mass is 301 g/mol. The third-order valence-electron chi connectivity index (χ3n) is 5.42. The molecular formula is C16H31NO2S. The van der Waals surface area contributed by atoms with Gasteiger partial charge in [-0.3, -0.25) is 0 Å². The SMILES string of the molecule is CCCC1CCC(N)C(S(=O)(=O)C2CCCC(C)C2)C1. The first kappa shape index (κ1) is 16.3. The second-order valence-electron chi connectivity index (χ2n) is 7.15. The Morgan fingerprint density at radius 2 is 1.85 bits per heavy atom. The topological polar surface area (TPSA) is 60.2 Å². The van der Waals surface area contributed by atoms with E-state index in [9.17, 15) is 8.42 Å². The van der Waals surface area contributed by atoms with E-state index in [1.807, 2.05) is 0 Å². The van der Waals surface area contributed by atoms with Gasteiger partial charge in [-0.05, 0) is 43.9 Å². The van der Waals surface area contributed by atoms with Gasteiger partial charge in [-0.1, -0.05) is 39.5 Å². The fourth-order valence-electron chi connectivity index (χ4n) is 4.21. The molecule has 0 aromatic heterocycles. The highest BCUT2D eigenvalue weighted by Crippen LogP contribution is 2.37. The van der Waals surface area contributed by atoms with Crippen molar-refractivity contribution in [1.29, 1.82) is 0 Å². The standard InChI is InChI=1S/C16H31NO2S/c1-3-5-13-8-9-15(17)16(11-13)20(18,19)14-7-4-6-12(2)10-14/h12-16H,3-11,17H2,1-2H3. The molecule has 0 aromatic carbocycles. The molecular weight excluding hydrogens is 270 g/mol. The van der Waals surface area contributed by atoms with Crippen molar-refractivity contribution in [2.75, 3.05) is 0 Å². The molecule has 2 rings (SSSR count). The number of hydrogen-bond acceptors (Lipinski definition) is 3. The Kier molecular flexibility index (Phi) is 5.52. The average Bonchev–Trinajstić information content (AvgIpc) is 2.41. The quantitative estimate of drug-likeness (QED) is 0.867. The molecule has 3 nitrogen and oxygen atoms in total. The second kappa shape index (κ2) is 6.78.